The normalized spacial score (nSPS) is 15.8. The van der Waals surface area contributed by atoms with E-state index >= 15 is 0 Å². The summed E-state index contributed by atoms with van der Waals surface area (Å²) in [5.74, 6) is -4.56. The van der Waals surface area contributed by atoms with Crippen LogP contribution in [0.3, 0.4) is 0 Å². The van der Waals surface area contributed by atoms with Gasteiger partial charge in [0.05, 0.1) is 24.8 Å². The molecule has 1 aromatic carbocycles. The zero-order valence-electron chi connectivity index (χ0n) is 20.8. The fourth-order valence-electron chi connectivity index (χ4n) is 3.06. The zero-order valence-corrected chi connectivity index (χ0v) is 20.8. The molecule has 5 N–H and O–H groups in total. The van der Waals surface area contributed by atoms with Crippen LogP contribution >= 0.6 is 0 Å². The third kappa shape index (κ3) is 8.14. The standard InChI is InChI=1S/C25H38N2O7/c1-23(2,3)19(15-29)27-21(31)25(26,22(32)34-24(4,5)6)18(13-10-14-28)20(30)33-16-17-11-8-7-9-12-17/h7-12,14,18-19,28-29H,13,15-16,26H2,1-6H3,(H,27,31)/b14-10+/t18-,19?,25-/m1/s1. The minimum atomic E-state index is -2.50. The van der Waals surface area contributed by atoms with Crippen LogP contribution in [0.15, 0.2) is 42.7 Å². The number of nitrogens with two attached hydrogens (primary N) is 1. The fraction of sp³-hybridized carbons (Fsp3) is 0.560. The van der Waals surface area contributed by atoms with E-state index < -0.39 is 53.0 Å². The topological polar surface area (TPSA) is 148 Å². The molecule has 9 nitrogen and oxygen atoms in total. The number of ether oxygens (including phenoxy) is 2. The minimum absolute atomic E-state index is 0.105. The lowest BCUT2D eigenvalue weighted by atomic mass is 9.79. The Morgan fingerprint density at radius 1 is 1.09 bits per heavy atom. The third-order valence-corrected chi connectivity index (χ3v) is 5.18. The van der Waals surface area contributed by atoms with E-state index in [-0.39, 0.29) is 13.0 Å². The number of benzene rings is 1. The molecule has 9 heteroatoms. The van der Waals surface area contributed by atoms with Crippen molar-refractivity contribution in [2.24, 2.45) is 17.1 Å². The Hall–Kier alpha value is -2.91. The maximum Gasteiger partial charge on any atom is 0.337 e. The van der Waals surface area contributed by atoms with Crippen LogP contribution in [0, 0.1) is 11.3 Å². The molecule has 0 saturated heterocycles. The minimum Gasteiger partial charge on any atom is -0.516 e. The second-order valence-electron chi connectivity index (χ2n) is 10.2. The fourth-order valence-corrected chi connectivity index (χ4v) is 3.06. The first-order valence-corrected chi connectivity index (χ1v) is 11.1. The number of carbonyl (C=O) groups is 3. The van der Waals surface area contributed by atoms with Crippen LogP contribution in [0.25, 0.3) is 0 Å². The first-order valence-electron chi connectivity index (χ1n) is 11.1. The van der Waals surface area contributed by atoms with Crippen LogP contribution in [0.2, 0.25) is 0 Å². The third-order valence-electron chi connectivity index (χ3n) is 5.18. The first kappa shape index (κ1) is 29.1. The van der Waals surface area contributed by atoms with Gasteiger partial charge in [0, 0.05) is 0 Å². The Morgan fingerprint density at radius 2 is 1.68 bits per heavy atom. The number of hydrogen-bond donors (Lipinski definition) is 4. The van der Waals surface area contributed by atoms with Crippen molar-refractivity contribution in [2.45, 2.75) is 71.8 Å². The molecule has 0 aromatic heterocycles. The summed E-state index contributed by atoms with van der Waals surface area (Å²) in [6.07, 6.45) is 1.62. The lowest BCUT2D eigenvalue weighted by Gasteiger charge is -2.37. The Kier molecular flexibility index (Phi) is 10.3. The van der Waals surface area contributed by atoms with Crippen molar-refractivity contribution in [1.82, 2.24) is 5.32 Å². The number of aliphatic hydroxyl groups is 2. The molecule has 0 fully saturated rings. The van der Waals surface area contributed by atoms with Gasteiger partial charge in [0.1, 0.15) is 12.2 Å². The average molecular weight is 479 g/mol. The lowest BCUT2D eigenvalue weighted by Crippen LogP contribution is -2.69. The van der Waals surface area contributed by atoms with Crippen LogP contribution in [0.4, 0.5) is 0 Å². The van der Waals surface area contributed by atoms with Gasteiger partial charge in [0.15, 0.2) is 0 Å². The van der Waals surface area contributed by atoms with Gasteiger partial charge >= 0.3 is 11.9 Å². The molecule has 0 aliphatic carbocycles. The molecule has 0 radical (unpaired) electrons. The van der Waals surface area contributed by atoms with E-state index in [9.17, 15) is 24.6 Å². The quantitative estimate of drug-likeness (QED) is 0.228. The van der Waals surface area contributed by atoms with E-state index in [1.165, 1.54) is 6.08 Å². The van der Waals surface area contributed by atoms with Crippen LogP contribution in [0.5, 0.6) is 0 Å². The van der Waals surface area contributed by atoms with E-state index in [1.54, 1.807) is 65.8 Å². The summed E-state index contributed by atoms with van der Waals surface area (Å²) in [6.45, 7) is 9.66. The Bertz CT molecular complexity index is 856. The average Bonchev–Trinajstić information content (AvgIpc) is 2.74. The largest absolute Gasteiger partial charge is 0.516 e. The molecule has 1 rings (SSSR count). The van der Waals surface area contributed by atoms with Crippen molar-refractivity contribution in [1.29, 1.82) is 0 Å². The van der Waals surface area contributed by atoms with Gasteiger partial charge in [-0.25, -0.2) is 4.79 Å². The van der Waals surface area contributed by atoms with Crippen LogP contribution in [-0.2, 0) is 30.5 Å². The van der Waals surface area contributed by atoms with E-state index in [1.807, 2.05) is 6.07 Å². The van der Waals surface area contributed by atoms with Crippen molar-refractivity contribution >= 4 is 17.8 Å². The highest BCUT2D eigenvalue weighted by atomic mass is 16.6. The highest BCUT2D eigenvalue weighted by molar-refractivity contribution is 6.11. The van der Waals surface area contributed by atoms with Gasteiger partial charge in [-0.3, -0.25) is 9.59 Å². The van der Waals surface area contributed by atoms with Gasteiger partial charge in [0.2, 0.25) is 5.54 Å². The number of allylic oxidation sites excluding steroid dienone is 1. The summed E-state index contributed by atoms with van der Waals surface area (Å²) in [5, 5.41) is 21.6. The molecule has 0 bridgehead atoms. The molecule has 0 aliphatic rings. The van der Waals surface area contributed by atoms with Gasteiger partial charge in [-0.15, -0.1) is 0 Å². The van der Waals surface area contributed by atoms with E-state index in [4.69, 9.17) is 15.2 Å². The molecule has 34 heavy (non-hydrogen) atoms. The summed E-state index contributed by atoms with van der Waals surface area (Å²) in [4.78, 5) is 39.9. The monoisotopic (exact) mass is 478 g/mol. The van der Waals surface area contributed by atoms with Gasteiger partial charge in [0.25, 0.3) is 5.91 Å². The molecule has 190 valence electrons. The first-order chi connectivity index (χ1) is 15.7. The van der Waals surface area contributed by atoms with E-state index in [0.29, 0.717) is 11.8 Å². The smallest absolute Gasteiger partial charge is 0.337 e. The molecular weight excluding hydrogens is 440 g/mol. The SMILES string of the molecule is CC(C)(C)OC(=O)[C@](N)(C(=O)NC(CO)C(C)(C)C)[C@H](C/C=C/O)C(=O)OCc1ccccc1. The summed E-state index contributed by atoms with van der Waals surface area (Å²) in [7, 11) is 0. The van der Waals surface area contributed by atoms with Gasteiger partial charge in [-0.2, -0.15) is 0 Å². The summed E-state index contributed by atoms with van der Waals surface area (Å²) < 4.78 is 10.8. The van der Waals surface area contributed by atoms with Crippen molar-refractivity contribution in [3.05, 3.63) is 48.2 Å². The van der Waals surface area contributed by atoms with Gasteiger partial charge < -0.3 is 30.7 Å². The second-order valence-corrected chi connectivity index (χ2v) is 10.2. The highest BCUT2D eigenvalue weighted by Gasteiger charge is 2.55. The Morgan fingerprint density at radius 3 is 2.15 bits per heavy atom. The summed E-state index contributed by atoms with van der Waals surface area (Å²) >= 11 is 0. The maximum absolute atomic E-state index is 13.4. The number of esters is 2. The molecule has 1 amide bonds. The number of rotatable bonds is 10. The maximum atomic E-state index is 13.4. The molecule has 0 spiro atoms. The molecule has 0 aliphatic heterocycles. The van der Waals surface area contributed by atoms with Crippen molar-refractivity contribution in [2.75, 3.05) is 6.61 Å². The number of nitrogens with one attached hydrogen (secondary N) is 1. The predicted octanol–water partition coefficient (Wildman–Crippen LogP) is 2.37. The predicted molar refractivity (Wildman–Crippen MR) is 127 cm³/mol. The van der Waals surface area contributed by atoms with Crippen LogP contribution in [0.1, 0.15) is 53.5 Å². The van der Waals surface area contributed by atoms with Crippen molar-refractivity contribution < 1.29 is 34.1 Å². The lowest BCUT2D eigenvalue weighted by molar-refractivity contribution is -0.174. The van der Waals surface area contributed by atoms with Crippen LogP contribution in [-0.4, -0.2) is 51.8 Å². The highest BCUT2D eigenvalue weighted by Crippen LogP contribution is 2.28. The molecular formula is C25H38N2O7. The van der Waals surface area contributed by atoms with E-state index in [2.05, 4.69) is 5.32 Å². The van der Waals surface area contributed by atoms with Crippen molar-refractivity contribution in [3.63, 3.8) is 0 Å². The van der Waals surface area contributed by atoms with E-state index in [0.717, 1.165) is 0 Å². The van der Waals surface area contributed by atoms with Gasteiger partial charge in [-0.1, -0.05) is 51.1 Å². The molecule has 1 unspecified atom stereocenters. The molecule has 3 atom stereocenters. The number of aliphatic hydroxyl groups excluding tert-OH is 2. The Balaban J connectivity index is 3.41. The zero-order chi connectivity index (χ0) is 26.2. The summed E-state index contributed by atoms with van der Waals surface area (Å²) in [6, 6.07) is 8.10. The van der Waals surface area contributed by atoms with Crippen LogP contribution < -0.4 is 11.1 Å². The van der Waals surface area contributed by atoms with Gasteiger partial charge in [-0.05, 0) is 44.2 Å². The number of amides is 1. The molecule has 0 heterocycles. The second kappa shape index (κ2) is 12.0. The number of carbonyl (C=O) groups excluding carboxylic acids is 3. The molecule has 1 aromatic rings. The Labute approximate surface area is 201 Å². The summed E-state index contributed by atoms with van der Waals surface area (Å²) in [5.41, 5.74) is 3.02. The number of hydrogen-bond acceptors (Lipinski definition) is 8. The molecule has 0 saturated carbocycles. The van der Waals surface area contributed by atoms with Crippen molar-refractivity contribution in [3.8, 4) is 0 Å².